The lowest BCUT2D eigenvalue weighted by Gasteiger charge is -2.11. The van der Waals surface area contributed by atoms with E-state index in [1.54, 1.807) is 0 Å². The summed E-state index contributed by atoms with van der Waals surface area (Å²) < 4.78 is 0. The standard InChI is InChI=1S/C18H18N2/c1-12-4-5-17-16(11-12)18(6-7-19-17)20-15-9-13(2)8-14(3)10-15/h4-11H,1-3H3,(H,19,20). The Bertz CT molecular complexity index is 755. The molecule has 0 amide bonds. The fourth-order valence-corrected chi connectivity index (χ4v) is 2.57. The summed E-state index contributed by atoms with van der Waals surface area (Å²) in [6.45, 7) is 6.34. The van der Waals surface area contributed by atoms with Gasteiger partial charge in [0.05, 0.1) is 5.52 Å². The van der Waals surface area contributed by atoms with Gasteiger partial charge in [-0.05, 0) is 62.2 Å². The van der Waals surface area contributed by atoms with Crippen LogP contribution in [0, 0.1) is 20.8 Å². The van der Waals surface area contributed by atoms with E-state index in [4.69, 9.17) is 0 Å². The van der Waals surface area contributed by atoms with Crippen molar-refractivity contribution in [2.75, 3.05) is 5.32 Å². The Kier molecular flexibility index (Phi) is 3.15. The summed E-state index contributed by atoms with van der Waals surface area (Å²) in [4.78, 5) is 4.42. The first-order valence-electron chi connectivity index (χ1n) is 6.82. The summed E-state index contributed by atoms with van der Waals surface area (Å²) >= 11 is 0. The van der Waals surface area contributed by atoms with Crippen molar-refractivity contribution in [3.8, 4) is 0 Å². The number of benzene rings is 2. The number of aromatic nitrogens is 1. The molecule has 0 spiro atoms. The first-order valence-corrected chi connectivity index (χ1v) is 6.82. The van der Waals surface area contributed by atoms with Gasteiger partial charge in [0.2, 0.25) is 0 Å². The highest BCUT2D eigenvalue weighted by molar-refractivity contribution is 5.93. The van der Waals surface area contributed by atoms with Crippen LogP contribution in [0.3, 0.4) is 0 Å². The maximum absolute atomic E-state index is 4.42. The molecule has 1 N–H and O–H groups in total. The summed E-state index contributed by atoms with van der Waals surface area (Å²) in [5.74, 6) is 0. The molecule has 0 saturated heterocycles. The van der Waals surface area contributed by atoms with Crippen LogP contribution in [0.4, 0.5) is 11.4 Å². The van der Waals surface area contributed by atoms with Crippen LogP contribution in [-0.2, 0) is 0 Å². The zero-order valence-corrected chi connectivity index (χ0v) is 12.1. The second-order valence-electron chi connectivity index (χ2n) is 5.38. The van der Waals surface area contributed by atoms with Crippen molar-refractivity contribution in [2.24, 2.45) is 0 Å². The van der Waals surface area contributed by atoms with Gasteiger partial charge in [0, 0.05) is 23.0 Å². The predicted octanol–water partition coefficient (Wildman–Crippen LogP) is 4.90. The van der Waals surface area contributed by atoms with E-state index >= 15 is 0 Å². The number of nitrogens with zero attached hydrogens (tertiary/aromatic N) is 1. The Hall–Kier alpha value is -2.35. The van der Waals surface area contributed by atoms with Gasteiger partial charge in [0.25, 0.3) is 0 Å². The quantitative estimate of drug-likeness (QED) is 0.710. The minimum atomic E-state index is 1.02. The molecular weight excluding hydrogens is 244 g/mol. The largest absolute Gasteiger partial charge is 0.355 e. The minimum Gasteiger partial charge on any atom is -0.355 e. The number of pyridine rings is 1. The van der Waals surface area contributed by atoms with Gasteiger partial charge >= 0.3 is 0 Å². The molecule has 3 aromatic rings. The maximum atomic E-state index is 4.42. The van der Waals surface area contributed by atoms with Gasteiger partial charge in [0.1, 0.15) is 0 Å². The Morgan fingerprint density at radius 1 is 0.800 bits per heavy atom. The number of aryl methyl sites for hydroxylation is 3. The normalized spacial score (nSPS) is 10.8. The van der Waals surface area contributed by atoms with Crippen molar-refractivity contribution < 1.29 is 0 Å². The van der Waals surface area contributed by atoms with E-state index in [2.05, 4.69) is 67.5 Å². The second-order valence-corrected chi connectivity index (χ2v) is 5.38. The molecule has 0 atom stereocenters. The third kappa shape index (κ3) is 2.50. The first-order chi connectivity index (χ1) is 9.61. The first kappa shape index (κ1) is 12.7. The van der Waals surface area contributed by atoms with Crippen molar-refractivity contribution in [1.29, 1.82) is 0 Å². The van der Waals surface area contributed by atoms with E-state index < -0.39 is 0 Å². The topological polar surface area (TPSA) is 24.9 Å². The van der Waals surface area contributed by atoms with Crippen LogP contribution in [-0.4, -0.2) is 4.98 Å². The molecule has 0 unspecified atom stereocenters. The van der Waals surface area contributed by atoms with Crippen molar-refractivity contribution in [3.63, 3.8) is 0 Å². The molecule has 0 radical (unpaired) electrons. The van der Waals surface area contributed by atoms with Gasteiger partial charge in [0.15, 0.2) is 0 Å². The van der Waals surface area contributed by atoms with Gasteiger partial charge < -0.3 is 5.32 Å². The zero-order chi connectivity index (χ0) is 14.1. The number of anilines is 2. The molecule has 100 valence electrons. The van der Waals surface area contributed by atoms with Gasteiger partial charge in [-0.25, -0.2) is 0 Å². The van der Waals surface area contributed by atoms with Gasteiger partial charge in [-0.15, -0.1) is 0 Å². The lowest BCUT2D eigenvalue weighted by Crippen LogP contribution is -1.94. The van der Waals surface area contributed by atoms with Crippen molar-refractivity contribution in [2.45, 2.75) is 20.8 Å². The van der Waals surface area contributed by atoms with E-state index in [1.165, 1.54) is 16.7 Å². The molecule has 0 saturated carbocycles. The van der Waals surface area contributed by atoms with Crippen molar-refractivity contribution >= 4 is 22.3 Å². The van der Waals surface area contributed by atoms with E-state index in [0.29, 0.717) is 0 Å². The highest BCUT2D eigenvalue weighted by Crippen LogP contribution is 2.26. The third-order valence-electron chi connectivity index (χ3n) is 3.40. The summed E-state index contributed by atoms with van der Waals surface area (Å²) in [5, 5.41) is 4.67. The Morgan fingerprint density at radius 3 is 2.30 bits per heavy atom. The average molecular weight is 262 g/mol. The molecule has 3 rings (SSSR count). The summed E-state index contributed by atoms with van der Waals surface area (Å²) in [6, 6.07) is 14.9. The molecule has 2 heteroatoms. The predicted molar refractivity (Wildman–Crippen MR) is 85.7 cm³/mol. The van der Waals surface area contributed by atoms with Crippen LogP contribution >= 0.6 is 0 Å². The lowest BCUT2D eigenvalue weighted by atomic mass is 10.1. The van der Waals surface area contributed by atoms with E-state index in [9.17, 15) is 0 Å². The average Bonchev–Trinajstić information content (AvgIpc) is 2.38. The third-order valence-corrected chi connectivity index (χ3v) is 3.40. The van der Waals surface area contributed by atoms with E-state index in [-0.39, 0.29) is 0 Å². The number of rotatable bonds is 2. The zero-order valence-electron chi connectivity index (χ0n) is 12.1. The molecular formula is C18H18N2. The molecule has 0 aliphatic heterocycles. The number of nitrogens with one attached hydrogen (secondary N) is 1. The Morgan fingerprint density at radius 2 is 1.55 bits per heavy atom. The van der Waals surface area contributed by atoms with Crippen LogP contribution in [0.25, 0.3) is 10.9 Å². The lowest BCUT2D eigenvalue weighted by molar-refractivity contribution is 1.36. The molecule has 2 aromatic carbocycles. The SMILES string of the molecule is Cc1cc(C)cc(Nc2ccnc3ccc(C)cc23)c1. The number of hydrogen-bond acceptors (Lipinski definition) is 2. The van der Waals surface area contributed by atoms with Crippen LogP contribution in [0.1, 0.15) is 16.7 Å². The van der Waals surface area contributed by atoms with Crippen LogP contribution < -0.4 is 5.32 Å². The smallest absolute Gasteiger partial charge is 0.0723 e. The summed E-state index contributed by atoms with van der Waals surface area (Å²) in [6.07, 6.45) is 1.85. The number of fused-ring (bicyclic) bond motifs is 1. The van der Waals surface area contributed by atoms with Crippen molar-refractivity contribution in [1.82, 2.24) is 4.98 Å². The highest BCUT2D eigenvalue weighted by Gasteiger charge is 2.03. The molecule has 0 bridgehead atoms. The second kappa shape index (κ2) is 4.97. The molecule has 0 aliphatic carbocycles. The van der Waals surface area contributed by atoms with Crippen LogP contribution in [0.15, 0.2) is 48.7 Å². The molecule has 0 fully saturated rings. The molecule has 1 aromatic heterocycles. The van der Waals surface area contributed by atoms with E-state index in [1.807, 2.05) is 12.3 Å². The van der Waals surface area contributed by atoms with Crippen LogP contribution in [0.2, 0.25) is 0 Å². The van der Waals surface area contributed by atoms with Gasteiger partial charge in [-0.1, -0.05) is 17.7 Å². The maximum Gasteiger partial charge on any atom is 0.0723 e. The number of hydrogen-bond donors (Lipinski definition) is 1. The van der Waals surface area contributed by atoms with Crippen LogP contribution in [0.5, 0.6) is 0 Å². The summed E-state index contributed by atoms with van der Waals surface area (Å²) in [5.41, 5.74) is 7.02. The van der Waals surface area contributed by atoms with Gasteiger partial charge in [-0.3, -0.25) is 4.98 Å². The Balaban J connectivity index is 2.08. The molecule has 20 heavy (non-hydrogen) atoms. The highest BCUT2D eigenvalue weighted by atomic mass is 14.9. The summed E-state index contributed by atoms with van der Waals surface area (Å²) in [7, 11) is 0. The molecule has 2 nitrogen and oxygen atoms in total. The fourth-order valence-electron chi connectivity index (χ4n) is 2.57. The molecule has 0 aliphatic rings. The van der Waals surface area contributed by atoms with E-state index in [0.717, 1.165) is 22.3 Å². The fraction of sp³-hybridized carbons (Fsp3) is 0.167. The minimum absolute atomic E-state index is 1.02. The Labute approximate surface area is 119 Å². The molecule has 1 heterocycles. The monoisotopic (exact) mass is 262 g/mol. The van der Waals surface area contributed by atoms with Gasteiger partial charge in [-0.2, -0.15) is 0 Å². The van der Waals surface area contributed by atoms with Crippen molar-refractivity contribution in [3.05, 3.63) is 65.4 Å².